The van der Waals surface area contributed by atoms with Gasteiger partial charge >= 0.3 is 0 Å². The first-order valence-corrected chi connectivity index (χ1v) is 7.12. The molecule has 0 aliphatic rings. The van der Waals surface area contributed by atoms with Crippen LogP contribution in [0.25, 0.3) is 0 Å². The highest BCUT2D eigenvalue weighted by atomic mass is 32.2. The molecule has 1 aromatic heterocycles. The van der Waals surface area contributed by atoms with E-state index >= 15 is 0 Å². The Balaban J connectivity index is 2.74. The lowest BCUT2D eigenvalue weighted by molar-refractivity contribution is 0.283. The molecule has 0 saturated carbocycles. The van der Waals surface area contributed by atoms with E-state index in [1.54, 1.807) is 11.3 Å². The highest BCUT2D eigenvalue weighted by molar-refractivity contribution is 7.99. The van der Waals surface area contributed by atoms with Crippen molar-refractivity contribution in [1.82, 2.24) is 4.98 Å². The fourth-order valence-electron chi connectivity index (χ4n) is 1.28. The van der Waals surface area contributed by atoms with Crippen LogP contribution < -0.4 is 0 Å². The maximum Gasteiger partial charge on any atom is 0.103 e. The fraction of sp³-hybridized carbons (Fsp3) is 0.727. The zero-order chi connectivity index (χ0) is 11.4. The van der Waals surface area contributed by atoms with Crippen LogP contribution in [0, 0.1) is 0 Å². The van der Waals surface area contributed by atoms with Gasteiger partial charge in [0.15, 0.2) is 0 Å². The lowest BCUT2D eigenvalue weighted by Gasteiger charge is -2.02. The Bertz CT molecular complexity index is 308. The first kappa shape index (κ1) is 13.0. The van der Waals surface area contributed by atoms with E-state index in [4.69, 9.17) is 0 Å². The molecule has 1 aromatic rings. The van der Waals surface area contributed by atoms with Crippen molar-refractivity contribution in [3.63, 3.8) is 0 Å². The lowest BCUT2D eigenvalue weighted by Crippen LogP contribution is -1.94. The summed E-state index contributed by atoms with van der Waals surface area (Å²) in [7, 11) is 0. The normalized spacial score (nSPS) is 11.7. The van der Waals surface area contributed by atoms with Crippen molar-refractivity contribution in [2.24, 2.45) is 0 Å². The molecular formula is C11H19NOS2. The largest absolute Gasteiger partial charge is 0.391 e. The summed E-state index contributed by atoms with van der Waals surface area (Å²) in [6.45, 7) is 8.74. The number of thiazole rings is 1. The number of aliphatic hydroxyl groups excluding tert-OH is 1. The van der Waals surface area contributed by atoms with Crippen LogP contribution in [-0.2, 0) is 12.4 Å². The van der Waals surface area contributed by atoms with Crippen molar-refractivity contribution in [3.8, 4) is 0 Å². The second-order valence-corrected chi connectivity index (χ2v) is 6.82. The standard InChI is InChI=1S/C11H19NOS2/c1-7(2)11-9(5-13)15-10(12-11)6-14-8(3)4/h7-8,13H,5-6H2,1-4H3. The Morgan fingerprint density at radius 3 is 2.40 bits per heavy atom. The Kier molecular flexibility index (Phi) is 5.09. The molecule has 1 heterocycles. The molecule has 0 spiro atoms. The molecule has 1 N–H and O–H groups in total. The van der Waals surface area contributed by atoms with Gasteiger partial charge in [0.2, 0.25) is 0 Å². The van der Waals surface area contributed by atoms with E-state index < -0.39 is 0 Å². The summed E-state index contributed by atoms with van der Waals surface area (Å²) >= 11 is 3.54. The van der Waals surface area contributed by atoms with Gasteiger partial charge in [0, 0.05) is 5.75 Å². The summed E-state index contributed by atoms with van der Waals surface area (Å²) in [5.41, 5.74) is 1.07. The summed E-state index contributed by atoms with van der Waals surface area (Å²) in [6, 6.07) is 0. The highest BCUT2D eigenvalue weighted by Gasteiger charge is 2.13. The zero-order valence-corrected chi connectivity index (χ0v) is 11.4. The van der Waals surface area contributed by atoms with Crippen LogP contribution in [0.2, 0.25) is 0 Å². The van der Waals surface area contributed by atoms with E-state index in [0.717, 1.165) is 21.3 Å². The van der Waals surface area contributed by atoms with Crippen molar-refractivity contribution in [2.75, 3.05) is 0 Å². The van der Waals surface area contributed by atoms with Crippen LogP contribution in [0.4, 0.5) is 0 Å². The topological polar surface area (TPSA) is 33.1 Å². The predicted octanol–water partition coefficient (Wildman–Crippen LogP) is 3.40. The minimum atomic E-state index is 0.123. The molecule has 1 rings (SSSR count). The van der Waals surface area contributed by atoms with E-state index in [2.05, 4.69) is 32.7 Å². The average Bonchev–Trinajstić information content (AvgIpc) is 2.57. The lowest BCUT2D eigenvalue weighted by atomic mass is 10.1. The number of thioether (sulfide) groups is 1. The number of aliphatic hydroxyl groups is 1. The minimum Gasteiger partial charge on any atom is -0.391 e. The molecule has 0 atom stereocenters. The van der Waals surface area contributed by atoms with E-state index in [-0.39, 0.29) is 6.61 Å². The van der Waals surface area contributed by atoms with Gasteiger partial charge in [-0.25, -0.2) is 4.98 Å². The van der Waals surface area contributed by atoms with E-state index in [0.29, 0.717) is 11.2 Å². The van der Waals surface area contributed by atoms with Gasteiger partial charge < -0.3 is 5.11 Å². The molecule has 86 valence electrons. The van der Waals surface area contributed by atoms with Crippen molar-refractivity contribution in [2.45, 2.75) is 51.2 Å². The van der Waals surface area contributed by atoms with Gasteiger partial charge in [-0.15, -0.1) is 11.3 Å². The average molecular weight is 245 g/mol. The van der Waals surface area contributed by atoms with Crippen LogP contribution >= 0.6 is 23.1 Å². The van der Waals surface area contributed by atoms with Crippen molar-refractivity contribution in [3.05, 3.63) is 15.6 Å². The Morgan fingerprint density at radius 1 is 1.33 bits per heavy atom. The molecule has 0 aliphatic heterocycles. The molecule has 0 amide bonds. The van der Waals surface area contributed by atoms with Crippen molar-refractivity contribution < 1.29 is 5.11 Å². The molecule has 0 fully saturated rings. The summed E-state index contributed by atoms with van der Waals surface area (Å²) in [6.07, 6.45) is 0. The molecule has 4 heteroatoms. The summed E-state index contributed by atoms with van der Waals surface area (Å²) in [5, 5.41) is 11.0. The van der Waals surface area contributed by atoms with Gasteiger partial charge in [-0.05, 0) is 11.2 Å². The van der Waals surface area contributed by atoms with Gasteiger partial charge in [0.25, 0.3) is 0 Å². The fourth-order valence-corrected chi connectivity index (χ4v) is 3.14. The van der Waals surface area contributed by atoms with Crippen molar-refractivity contribution in [1.29, 1.82) is 0 Å². The number of aromatic nitrogens is 1. The van der Waals surface area contributed by atoms with Crippen LogP contribution in [0.1, 0.15) is 49.2 Å². The number of hydrogen-bond donors (Lipinski definition) is 1. The second kappa shape index (κ2) is 5.87. The van der Waals surface area contributed by atoms with Gasteiger partial charge in [0.1, 0.15) is 5.01 Å². The monoisotopic (exact) mass is 245 g/mol. The third-order valence-corrected chi connectivity index (χ3v) is 4.35. The third-order valence-electron chi connectivity index (χ3n) is 2.00. The first-order chi connectivity index (χ1) is 7.04. The molecule has 0 bridgehead atoms. The maximum atomic E-state index is 9.22. The zero-order valence-electron chi connectivity index (χ0n) is 9.78. The first-order valence-electron chi connectivity index (χ1n) is 5.25. The second-order valence-electron chi connectivity index (χ2n) is 4.09. The minimum absolute atomic E-state index is 0.123. The third kappa shape index (κ3) is 3.78. The van der Waals surface area contributed by atoms with Gasteiger partial charge in [-0.1, -0.05) is 27.7 Å². The van der Waals surface area contributed by atoms with Crippen LogP contribution in [0.15, 0.2) is 0 Å². The van der Waals surface area contributed by atoms with Crippen LogP contribution in [-0.4, -0.2) is 15.3 Å². The molecule has 0 unspecified atom stereocenters. The van der Waals surface area contributed by atoms with Gasteiger partial charge in [-0.3, -0.25) is 0 Å². The predicted molar refractivity (Wildman–Crippen MR) is 68.6 cm³/mol. The molecular weight excluding hydrogens is 226 g/mol. The molecule has 2 nitrogen and oxygen atoms in total. The molecule has 0 aromatic carbocycles. The molecule has 0 saturated heterocycles. The molecule has 15 heavy (non-hydrogen) atoms. The van der Waals surface area contributed by atoms with Gasteiger partial charge in [-0.2, -0.15) is 11.8 Å². The Labute approximate surface area is 100 Å². The Hall–Kier alpha value is -0.0600. The SMILES string of the molecule is CC(C)SCc1nc(C(C)C)c(CO)s1. The van der Waals surface area contributed by atoms with E-state index in [1.165, 1.54) is 0 Å². The van der Waals surface area contributed by atoms with E-state index in [1.807, 2.05) is 11.8 Å². The number of rotatable bonds is 5. The number of nitrogens with zero attached hydrogens (tertiary/aromatic N) is 1. The van der Waals surface area contributed by atoms with E-state index in [9.17, 15) is 5.11 Å². The van der Waals surface area contributed by atoms with Gasteiger partial charge in [0.05, 0.1) is 17.2 Å². The summed E-state index contributed by atoms with van der Waals surface area (Å²) in [4.78, 5) is 5.62. The van der Waals surface area contributed by atoms with Crippen molar-refractivity contribution >= 4 is 23.1 Å². The molecule has 0 radical (unpaired) electrons. The Morgan fingerprint density at radius 2 is 2.00 bits per heavy atom. The van der Waals surface area contributed by atoms with Crippen LogP contribution in [0.3, 0.4) is 0 Å². The maximum absolute atomic E-state index is 9.22. The highest BCUT2D eigenvalue weighted by Crippen LogP contribution is 2.28. The summed E-state index contributed by atoms with van der Waals surface area (Å²) < 4.78 is 0. The quantitative estimate of drug-likeness (QED) is 0.863. The smallest absolute Gasteiger partial charge is 0.103 e. The van der Waals surface area contributed by atoms with Crippen LogP contribution in [0.5, 0.6) is 0 Å². The number of hydrogen-bond acceptors (Lipinski definition) is 4. The summed E-state index contributed by atoms with van der Waals surface area (Å²) in [5.74, 6) is 1.36. The molecule has 0 aliphatic carbocycles.